The van der Waals surface area contributed by atoms with E-state index in [0.29, 0.717) is 5.65 Å². The molecule has 1 saturated heterocycles. The fourth-order valence-electron chi connectivity index (χ4n) is 2.55. The van der Waals surface area contributed by atoms with Crippen LogP contribution in [0.3, 0.4) is 0 Å². The zero-order chi connectivity index (χ0) is 15.9. The molecule has 2 N–H and O–H groups in total. The number of carbonyl (C=O) groups is 1. The summed E-state index contributed by atoms with van der Waals surface area (Å²) in [5.41, 5.74) is 1.43. The molecule has 0 aromatic carbocycles. The van der Waals surface area contributed by atoms with E-state index in [2.05, 4.69) is 41.1 Å². The van der Waals surface area contributed by atoms with Crippen LogP contribution in [0.1, 0.15) is 37.0 Å². The Hall–Kier alpha value is -2.15. The molecule has 22 heavy (non-hydrogen) atoms. The summed E-state index contributed by atoms with van der Waals surface area (Å²) in [6.45, 7) is 9.64. The number of nitrogens with zero attached hydrogens (tertiary/aromatic N) is 4. The van der Waals surface area contributed by atoms with Crippen LogP contribution >= 0.6 is 0 Å². The van der Waals surface area contributed by atoms with Crippen molar-refractivity contribution >= 4 is 17.4 Å². The van der Waals surface area contributed by atoms with Crippen molar-refractivity contribution < 1.29 is 9.90 Å². The van der Waals surface area contributed by atoms with E-state index in [4.69, 9.17) is 0 Å². The summed E-state index contributed by atoms with van der Waals surface area (Å²) in [6, 6.07) is 3.48. The predicted molar refractivity (Wildman–Crippen MR) is 83.7 cm³/mol. The summed E-state index contributed by atoms with van der Waals surface area (Å²) in [4.78, 5) is 17.7. The van der Waals surface area contributed by atoms with Gasteiger partial charge in [0.15, 0.2) is 11.3 Å². The highest BCUT2D eigenvalue weighted by molar-refractivity contribution is 5.87. The third-order valence-corrected chi connectivity index (χ3v) is 3.84. The van der Waals surface area contributed by atoms with Gasteiger partial charge < -0.3 is 15.3 Å². The SMILES string of the molecule is CC(C)(C)c1cc2nc(C(=O)O)cc(N3CCNCC3)n2n1. The molecule has 0 saturated carbocycles. The first kappa shape index (κ1) is 14.8. The molecule has 118 valence electrons. The van der Waals surface area contributed by atoms with E-state index < -0.39 is 5.97 Å². The van der Waals surface area contributed by atoms with Gasteiger partial charge in [-0.25, -0.2) is 9.78 Å². The maximum Gasteiger partial charge on any atom is 0.354 e. The molecule has 2 aromatic heterocycles. The summed E-state index contributed by atoms with van der Waals surface area (Å²) < 4.78 is 1.76. The Kier molecular flexibility index (Phi) is 3.52. The molecule has 1 aliphatic rings. The first-order chi connectivity index (χ1) is 10.4. The van der Waals surface area contributed by atoms with Crippen molar-refractivity contribution in [2.24, 2.45) is 0 Å². The lowest BCUT2D eigenvalue weighted by molar-refractivity contribution is 0.0690. The van der Waals surface area contributed by atoms with Gasteiger partial charge in [-0.05, 0) is 0 Å². The molecule has 1 aliphatic heterocycles. The van der Waals surface area contributed by atoms with Crippen molar-refractivity contribution in [3.05, 3.63) is 23.5 Å². The number of hydrogen-bond acceptors (Lipinski definition) is 5. The van der Waals surface area contributed by atoms with E-state index in [1.807, 2.05) is 6.07 Å². The standard InChI is InChI=1S/C15H21N5O2/c1-15(2,3)11-9-12-17-10(14(21)22)8-13(20(12)18-11)19-6-4-16-5-7-19/h8-9,16H,4-7H2,1-3H3,(H,21,22). The number of piperazine rings is 1. The number of nitrogens with one attached hydrogen (secondary N) is 1. The van der Waals surface area contributed by atoms with Gasteiger partial charge in [-0.1, -0.05) is 20.8 Å². The van der Waals surface area contributed by atoms with Gasteiger partial charge in [-0.2, -0.15) is 9.61 Å². The molecule has 0 aliphatic carbocycles. The lowest BCUT2D eigenvalue weighted by Crippen LogP contribution is -2.44. The number of anilines is 1. The maximum absolute atomic E-state index is 11.4. The topological polar surface area (TPSA) is 82.8 Å². The Morgan fingerprint density at radius 2 is 1.95 bits per heavy atom. The van der Waals surface area contributed by atoms with Crippen molar-refractivity contribution in [3.63, 3.8) is 0 Å². The van der Waals surface area contributed by atoms with Crippen LogP contribution in [0, 0.1) is 0 Å². The first-order valence-electron chi connectivity index (χ1n) is 7.46. The number of carboxylic acid groups (broad SMARTS) is 1. The Balaban J connectivity index is 2.18. The van der Waals surface area contributed by atoms with Gasteiger partial charge >= 0.3 is 5.97 Å². The molecule has 2 aromatic rings. The fourth-order valence-corrected chi connectivity index (χ4v) is 2.55. The van der Waals surface area contributed by atoms with Gasteiger partial charge in [0.05, 0.1) is 5.69 Å². The largest absolute Gasteiger partial charge is 0.477 e. The molecule has 0 amide bonds. The van der Waals surface area contributed by atoms with Crippen LogP contribution in [0.2, 0.25) is 0 Å². The maximum atomic E-state index is 11.4. The third kappa shape index (κ3) is 2.64. The molecule has 3 heterocycles. The van der Waals surface area contributed by atoms with E-state index in [9.17, 15) is 9.90 Å². The van der Waals surface area contributed by atoms with Crippen molar-refractivity contribution in [3.8, 4) is 0 Å². The Morgan fingerprint density at radius 1 is 1.27 bits per heavy atom. The fraction of sp³-hybridized carbons (Fsp3) is 0.533. The van der Waals surface area contributed by atoms with Crippen molar-refractivity contribution in [2.45, 2.75) is 26.2 Å². The molecule has 7 nitrogen and oxygen atoms in total. The average molecular weight is 303 g/mol. The van der Waals surface area contributed by atoms with Gasteiger partial charge in [0.2, 0.25) is 0 Å². The molecule has 3 rings (SSSR count). The van der Waals surface area contributed by atoms with E-state index in [1.54, 1.807) is 10.6 Å². The van der Waals surface area contributed by atoms with Crippen LogP contribution in [0.5, 0.6) is 0 Å². The summed E-state index contributed by atoms with van der Waals surface area (Å²) in [6.07, 6.45) is 0. The second-order valence-electron chi connectivity index (χ2n) is 6.59. The Morgan fingerprint density at radius 3 is 2.55 bits per heavy atom. The Labute approximate surface area is 129 Å². The molecular formula is C15H21N5O2. The minimum atomic E-state index is -1.02. The molecule has 0 spiro atoms. The van der Waals surface area contributed by atoms with Crippen LogP contribution < -0.4 is 10.2 Å². The minimum absolute atomic E-state index is 0.0568. The second-order valence-corrected chi connectivity index (χ2v) is 6.59. The van der Waals surface area contributed by atoms with Gasteiger partial charge in [-0.3, -0.25) is 0 Å². The highest BCUT2D eigenvalue weighted by atomic mass is 16.4. The van der Waals surface area contributed by atoms with E-state index in [1.165, 1.54) is 0 Å². The number of rotatable bonds is 2. The molecule has 1 fully saturated rings. The quantitative estimate of drug-likeness (QED) is 0.865. The van der Waals surface area contributed by atoms with Crippen molar-refractivity contribution in [1.29, 1.82) is 0 Å². The van der Waals surface area contributed by atoms with E-state index >= 15 is 0 Å². The normalized spacial score (nSPS) is 16.2. The highest BCUT2D eigenvalue weighted by Crippen LogP contribution is 2.25. The van der Waals surface area contributed by atoms with Gasteiger partial charge in [0, 0.05) is 43.7 Å². The number of carboxylic acids is 1. The number of aromatic nitrogens is 3. The van der Waals surface area contributed by atoms with Crippen molar-refractivity contribution in [2.75, 3.05) is 31.1 Å². The van der Waals surface area contributed by atoms with E-state index in [-0.39, 0.29) is 11.1 Å². The van der Waals surface area contributed by atoms with Crippen LogP contribution in [-0.4, -0.2) is 51.9 Å². The third-order valence-electron chi connectivity index (χ3n) is 3.84. The molecular weight excluding hydrogens is 282 g/mol. The smallest absolute Gasteiger partial charge is 0.354 e. The zero-order valence-corrected chi connectivity index (χ0v) is 13.1. The summed E-state index contributed by atoms with van der Waals surface area (Å²) in [7, 11) is 0. The molecule has 0 atom stereocenters. The number of hydrogen-bond donors (Lipinski definition) is 2. The van der Waals surface area contributed by atoms with Crippen molar-refractivity contribution in [1.82, 2.24) is 19.9 Å². The minimum Gasteiger partial charge on any atom is -0.477 e. The van der Waals surface area contributed by atoms with Crippen LogP contribution in [-0.2, 0) is 5.41 Å². The van der Waals surface area contributed by atoms with Crippen LogP contribution in [0.4, 0.5) is 5.82 Å². The lowest BCUT2D eigenvalue weighted by Gasteiger charge is -2.29. The van der Waals surface area contributed by atoms with E-state index in [0.717, 1.165) is 37.7 Å². The molecule has 0 bridgehead atoms. The summed E-state index contributed by atoms with van der Waals surface area (Å²) in [5, 5.41) is 17.3. The Bertz CT molecular complexity index is 711. The predicted octanol–water partition coefficient (Wildman–Crippen LogP) is 1.13. The molecule has 7 heteroatoms. The number of aromatic carboxylic acids is 1. The van der Waals surface area contributed by atoms with Crippen LogP contribution in [0.25, 0.3) is 5.65 Å². The monoisotopic (exact) mass is 303 g/mol. The number of fused-ring (bicyclic) bond motifs is 1. The molecule has 0 radical (unpaired) electrons. The average Bonchev–Trinajstić information content (AvgIpc) is 2.91. The summed E-state index contributed by atoms with van der Waals surface area (Å²) in [5.74, 6) is -0.225. The van der Waals surface area contributed by atoms with Gasteiger partial charge in [-0.15, -0.1) is 0 Å². The highest BCUT2D eigenvalue weighted by Gasteiger charge is 2.23. The zero-order valence-electron chi connectivity index (χ0n) is 13.1. The van der Waals surface area contributed by atoms with Crippen LogP contribution in [0.15, 0.2) is 12.1 Å². The molecule has 0 unspecified atom stereocenters. The van der Waals surface area contributed by atoms with Gasteiger partial charge in [0.25, 0.3) is 0 Å². The first-order valence-corrected chi connectivity index (χ1v) is 7.46. The second kappa shape index (κ2) is 5.24. The van der Waals surface area contributed by atoms with Gasteiger partial charge in [0.1, 0.15) is 5.82 Å². The lowest BCUT2D eigenvalue weighted by atomic mass is 9.93. The summed E-state index contributed by atoms with van der Waals surface area (Å²) >= 11 is 0.